The lowest BCUT2D eigenvalue weighted by Crippen LogP contribution is -2.62. The zero-order chi connectivity index (χ0) is 18.6. The molecule has 8 atom stereocenters. The van der Waals surface area contributed by atoms with Gasteiger partial charge in [-0.05, 0) is 49.4 Å². The first-order chi connectivity index (χ1) is 11.7. The van der Waals surface area contributed by atoms with Crippen molar-refractivity contribution >= 4 is 5.78 Å². The Bertz CT molecular complexity index is 593. The molecule has 0 heterocycles. The van der Waals surface area contributed by atoms with E-state index < -0.39 is 11.5 Å². The van der Waals surface area contributed by atoms with Crippen LogP contribution in [0.5, 0.6) is 0 Å². The summed E-state index contributed by atoms with van der Waals surface area (Å²) in [5, 5.41) is 11.4. The molecule has 0 radical (unpaired) electrons. The summed E-state index contributed by atoms with van der Waals surface area (Å²) in [5.41, 5.74) is -0.925. The average molecular weight is 347 g/mol. The van der Waals surface area contributed by atoms with Gasteiger partial charge in [0, 0.05) is 30.3 Å². The number of aliphatic hydroxyl groups excluding tert-OH is 1. The summed E-state index contributed by atoms with van der Waals surface area (Å²) in [6.45, 7) is 8.61. The quantitative estimate of drug-likeness (QED) is 0.773. The van der Waals surface area contributed by atoms with Gasteiger partial charge in [-0.2, -0.15) is 0 Å². The predicted molar refractivity (Wildman–Crippen MR) is 98.8 cm³/mol. The van der Waals surface area contributed by atoms with E-state index in [9.17, 15) is 9.90 Å². The number of terminal acetylenes is 1. The summed E-state index contributed by atoms with van der Waals surface area (Å²) in [5.74, 6) is 3.57. The van der Waals surface area contributed by atoms with Crippen molar-refractivity contribution in [3.8, 4) is 12.3 Å². The summed E-state index contributed by atoms with van der Waals surface area (Å²) < 4.78 is 5.90. The monoisotopic (exact) mass is 346 g/mol. The molecule has 3 rings (SSSR count). The number of Topliss-reactive ketones (excluding diaryl/α,β-unsaturated/α-hetero) is 1. The van der Waals surface area contributed by atoms with Crippen LogP contribution in [-0.2, 0) is 9.53 Å². The molecule has 2 bridgehead atoms. The minimum atomic E-state index is -0.630. The van der Waals surface area contributed by atoms with Gasteiger partial charge in [0.15, 0.2) is 0 Å². The van der Waals surface area contributed by atoms with E-state index in [0.717, 1.165) is 25.7 Å². The molecule has 3 saturated carbocycles. The van der Waals surface area contributed by atoms with Crippen LogP contribution in [0.25, 0.3) is 0 Å². The van der Waals surface area contributed by atoms with Gasteiger partial charge >= 0.3 is 0 Å². The molecular weight excluding hydrogens is 312 g/mol. The molecule has 1 N–H and O–H groups in total. The Morgan fingerprint density at radius 2 is 1.92 bits per heavy atom. The third-order valence-electron chi connectivity index (χ3n) is 8.67. The number of rotatable bonds is 2. The number of carbonyl (C=O) groups excluding carboxylic acids is 1. The van der Waals surface area contributed by atoms with Crippen molar-refractivity contribution < 1.29 is 14.6 Å². The minimum Gasteiger partial charge on any atom is -0.393 e. The van der Waals surface area contributed by atoms with Gasteiger partial charge in [0.25, 0.3) is 0 Å². The lowest BCUT2D eigenvalue weighted by Gasteiger charge is -2.61. The van der Waals surface area contributed by atoms with Crippen molar-refractivity contribution in [3.63, 3.8) is 0 Å². The maximum Gasteiger partial charge on any atom is 0.143 e. The van der Waals surface area contributed by atoms with Crippen molar-refractivity contribution in [3.05, 3.63) is 0 Å². The van der Waals surface area contributed by atoms with Gasteiger partial charge in [-0.1, -0.05) is 27.7 Å². The molecule has 2 unspecified atom stereocenters. The number of hydrogen-bond acceptors (Lipinski definition) is 3. The fraction of sp³-hybridized carbons (Fsp3) is 0.864. The molecule has 0 amide bonds. The van der Waals surface area contributed by atoms with Crippen molar-refractivity contribution in [1.82, 2.24) is 0 Å². The third-order valence-corrected chi connectivity index (χ3v) is 8.67. The van der Waals surface area contributed by atoms with Crippen LogP contribution in [0.4, 0.5) is 0 Å². The molecule has 3 aliphatic rings. The van der Waals surface area contributed by atoms with Gasteiger partial charge in [-0.25, -0.2) is 0 Å². The number of methoxy groups -OCH3 is 1. The van der Waals surface area contributed by atoms with Gasteiger partial charge < -0.3 is 9.84 Å². The van der Waals surface area contributed by atoms with Gasteiger partial charge in [0.1, 0.15) is 5.78 Å². The van der Waals surface area contributed by atoms with E-state index in [1.54, 1.807) is 7.11 Å². The Morgan fingerprint density at radius 1 is 1.28 bits per heavy atom. The number of ether oxygens (including phenoxy) is 1. The number of carbonyl (C=O) groups is 1. The second kappa shape index (κ2) is 6.10. The van der Waals surface area contributed by atoms with Crippen molar-refractivity contribution in [2.45, 2.75) is 78.4 Å². The molecule has 0 aromatic rings. The van der Waals surface area contributed by atoms with Crippen LogP contribution in [-0.4, -0.2) is 30.2 Å². The Kier molecular flexibility index (Phi) is 4.62. The number of hydrogen-bond donors (Lipinski definition) is 1. The molecular formula is C22H34O3. The zero-order valence-electron chi connectivity index (χ0n) is 16.5. The molecule has 0 aliphatic heterocycles. The molecule has 3 aliphatic carbocycles. The molecule has 0 aromatic carbocycles. The van der Waals surface area contributed by atoms with Crippen LogP contribution in [0.3, 0.4) is 0 Å². The molecule has 3 nitrogen and oxygen atoms in total. The van der Waals surface area contributed by atoms with E-state index >= 15 is 0 Å². The van der Waals surface area contributed by atoms with Crippen LogP contribution < -0.4 is 0 Å². The number of aliphatic hydroxyl groups is 1. The van der Waals surface area contributed by atoms with Gasteiger partial charge in [0.05, 0.1) is 12.2 Å². The lowest BCUT2D eigenvalue weighted by molar-refractivity contribution is -0.191. The zero-order valence-corrected chi connectivity index (χ0v) is 16.5. The topological polar surface area (TPSA) is 46.5 Å². The van der Waals surface area contributed by atoms with Crippen LogP contribution in [0.15, 0.2) is 0 Å². The standard InChI is InChI=1S/C22H34O3/c1-7-10-20(4)13-17(23)21(5)14(2)8-11-22(15(3)19(20)24)12-9-16(25-6)18(21)22/h1,14-18,23H,8-13H2,2-6H3/t14-,15+,16-,17-,18?,20-,21+,22?/m1/s1. The van der Waals surface area contributed by atoms with Crippen molar-refractivity contribution in [2.24, 2.45) is 34.0 Å². The largest absolute Gasteiger partial charge is 0.393 e. The summed E-state index contributed by atoms with van der Waals surface area (Å²) in [6.07, 6.45) is 10.2. The van der Waals surface area contributed by atoms with Crippen molar-refractivity contribution in [2.75, 3.05) is 7.11 Å². The highest BCUT2D eigenvalue weighted by Gasteiger charge is 2.67. The third kappa shape index (κ3) is 2.37. The molecule has 25 heavy (non-hydrogen) atoms. The van der Waals surface area contributed by atoms with Crippen LogP contribution in [0.1, 0.15) is 66.2 Å². The SMILES string of the molecule is C#CC[C@]1(C)C[C@@H](O)[C@@]2(C)C3[C@H](OC)CCC3(CC[C@H]2C)[C@@H](C)C1=O. The maximum absolute atomic E-state index is 13.5. The van der Waals surface area contributed by atoms with Crippen LogP contribution in [0, 0.1) is 46.3 Å². The summed E-state index contributed by atoms with van der Waals surface area (Å²) in [6, 6.07) is 0. The fourth-order valence-electron chi connectivity index (χ4n) is 6.91. The molecule has 0 aromatic heterocycles. The molecule has 0 saturated heterocycles. The van der Waals surface area contributed by atoms with Crippen LogP contribution in [0.2, 0.25) is 0 Å². The average Bonchev–Trinajstić information content (AvgIpc) is 2.97. The minimum absolute atomic E-state index is 0.0321. The van der Waals surface area contributed by atoms with E-state index in [1.165, 1.54) is 0 Å². The molecule has 3 heteroatoms. The smallest absolute Gasteiger partial charge is 0.143 e. The Hall–Kier alpha value is -0.850. The van der Waals surface area contributed by atoms with Gasteiger partial charge in [-0.3, -0.25) is 4.79 Å². The van der Waals surface area contributed by atoms with E-state index in [0.29, 0.717) is 18.8 Å². The summed E-state index contributed by atoms with van der Waals surface area (Å²) in [7, 11) is 1.79. The first-order valence-corrected chi connectivity index (χ1v) is 9.86. The highest BCUT2D eigenvalue weighted by Crippen LogP contribution is 2.68. The molecule has 140 valence electrons. The van der Waals surface area contributed by atoms with Crippen LogP contribution >= 0.6 is 0 Å². The Labute approximate surface area is 152 Å². The van der Waals surface area contributed by atoms with E-state index in [2.05, 4.69) is 26.7 Å². The normalized spacial score (nSPS) is 52.8. The van der Waals surface area contributed by atoms with E-state index in [-0.39, 0.29) is 34.6 Å². The van der Waals surface area contributed by atoms with Gasteiger partial charge in [0.2, 0.25) is 0 Å². The first kappa shape index (κ1) is 18.9. The highest BCUT2D eigenvalue weighted by molar-refractivity contribution is 5.88. The summed E-state index contributed by atoms with van der Waals surface area (Å²) in [4.78, 5) is 13.5. The van der Waals surface area contributed by atoms with Crippen molar-refractivity contribution in [1.29, 1.82) is 0 Å². The lowest BCUT2D eigenvalue weighted by atomic mass is 9.44. The maximum atomic E-state index is 13.5. The second-order valence-electron chi connectivity index (χ2n) is 9.58. The Balaban J connectivity index is 2.18. The van der Waals surface area contributed by atoms with E-state index in [4.69, 9.17) is 11.2 Å². The van der Waals surface area contributed by atoms with E-state index in [1.807, 2.05) is 6.92 Å². The fourth-order valence-corrected chi connectivity index (χ4v) is 6.91. The van der Waals surface area contributed by atoms with Gasteiger partial charge in [-0.15, -0.1) is 12.3 Å². The molecule has 3 fully saturated rings. The second-order valence-corrected chi connectivity index (χ2v) is 9.58. The highest BCUT2D eigenvalue weighted by atomic mass is 16.5. The number of ketones is 1. The Morgan fingerprint density at radius 3 is 2.52 bits per heavy atom. The first-order valence-electron chi connectivity index (χ1n) is 9.86. The molecule has 0 spiro atoms. The predicted octanol–water partition coefficient (Wildman–Crippen LogP) is 3.83. The summed E-state index contributed by atoms with van der Waals surface area (Å²) >= 11 is 0.